The highest BCUT2D eigenvalue weighted by atomic mass is 32.1. The molecule has 2 aromatic heterocycles. The molecule has 0 radical (unpaired) electrons. The van der Waals surface area contributed by atoms with E-state index in [4.69, 9.17) is 11.5 Å². The van der Waals surface area contributed by atoms with Crippen LogP contribution >= 0.6 is 11.3 Å². The number of nitrogen functional groups attached to an aromatic ring is 1. The maximum atomic E-state index is 12.9. The summed E-state index contributed by atoms with van der Waals surface area (Å²) < 4.78 is 0. The molecule has 114 valence electrons. The highest BCUT2D eigenvalue weighted by molar-refractivity contribution is 7.15. The van der Waals surface area contributed by atoms with Gasteiger partial charge in [0.05, 0.1) is 21.7 Å². The number of rotatable bonds is 2. The first-order chi connectivity index (χ1) is 11.0. The lowest BCUT2D eigenvalue weighted by Gasteiger charge is -2.07. The van der Waals surface area contributed by atoms with Crippen LogP contribution in [0, 0.1) is 6.92 Å². The second kappa shape index (κ2) is 4.53. The SMILES string of the molecule is Cc1ccc(-c2[nH]nc3c2C(=O)c2c-3ccc(N)c2C(N)=O)s1. The third kappa shape index (κ3) is 1.77. The van der Waals surface area contributed by atoms with E-state index in [1.54, 1.807) is 23.5 Å². The van der Waals surface area contributed by atoms with Gasteiger partial charge in [0.1, 0.15) is 5.69 Å². The van der Waals surface area contributed by atoms with Gasteiger partial charge in [-0.1, -0.05) is 0 Å². The molecule has 23 heavy (non-hydrogen) atoms. The van der Waals surface area contributed by atoms with Gasteiger partial charge in [0, 0.05) is 21.7 Å². The van der Waals surface area contributed by atoms with Crippen molar-refractivity contribution in [2.75, 3.05) is 5.73 Å². The molecule has 0 saturated carbocycles. The summed E-state index contributed by atoms with van der Waals surface area (Å²) in [7, 11) is 0. The Hall–Kier alpha value is -2.93. The number of ketones is 1. The molecule has 0 unspecified atom stereocenters. The average molecular weight is 324 g/mol. The predicted molar refractivity (Wildman–Crippen MR) is 88.4 cm³/mol. The number of carbonyl (C=O) groups is 2. The molecule has 0 atom stereocenters. The highest BCUT2D eigenvalue weighted by Gasteiger charge is 2.36. The van der Waals surface area contributed by atoms with E-state index in [1.165, 1.54) is 0 Å². The Morgan fingerprint density at radius 1 is 1.22 bits per heavy atom. The summed E-state index contributed by atoms with van der Waals surface area (Å²) >= 11 is 1.57. The van der Waals surface area contributed by atoms with Crippen LogP contribution in [-0.4, -0.2) is 21.9 Å². The van der Waals surface area contributed by atoms with E-state index >= 15 is 0 Å². The Morgan fingerprint density at radius 2 is 2.00 bits per heavy atom. The van der Waals surface area contributed by atoms with Gasteiger partial charge in [0.2, 0.25) is 0 Å². The number of aromatic nitrogens is 2. The lowest BCUT2D eigenvalue weighted by molar-refractivity contribution is 0.0983. The molecule has 3 aromatic rings. The predicted octanol–water partition coefficient (Wildman–Crippen LogP) is 2.34. The van der Waals surface area contributed by atoms with Gasteiger partial charge in [-0.15, -0.1) is 11.3 Å². The zero-order valence-corrected chi connectivity index (χ0v) is 13.0. The molecule has 0 fully saturated rings. The van der Waals surface area contributed by atoms with Crippen molar-refractivity contribution in [2.24, 2.45) is 5.73 Å². The van der Waals surface area contributed by atoms with Crippen LogP contribution in [0.3, 0.4) is 0 Å². The zero-order valence-electron chi connectivity index (χ0n) is 12.1. The van der Waals surface area contributed by atoms with Gasteiger partial charge in [0.25, 0.3) is 5.91 Å². The largest absolute Gasteiger partial charge is 0.398 e. The number of aryl methyl sites for hydroxylation is 1. The normalized spacial score (nSPS) is 12.3. The van der Waals surface area contributed by atoms with Crippen LogP contribution in [0.5, 0.6) is 0 Å². The Labute approximate surface area is 135 Å². The molecular weight excluding hydrogens is 312 g/mol. The summed E-state index contributed by atoms with van der Waals surface area (Å²) in [5.74, 6) is -0.985. The Bertz CT molecular complexity index is 1000. The van der Waals surface area contributed by atoms with Gasteiger partial charge in [-0.25, -0.2) is 0 Å². The molecule has 0 aliphatic heterocycles. The van der Waals surface area contributed by atoms with Crippen LogP contribution in [0.4, 0.5) is 5.69 Å². The van der Waals surface area contributed by atoms with E-state index in [1.807, 2.05) is 19.1 Å². The third-order valence-corrected chi connectivity index (χ3v) is 4.96. The lowest BCUT2D eigenvalue weighted by Crippen LogP contribution is -2.18. The van der Waals surface area contributed by atoms with Gasteiger partial charge >= 0.3 is 0 Å². The average Bonchev–Trinajstić information content (AvgIpc) is 3.16. The van der Waals surface area contributed by atoms with E-state index in [2.05, 4.69) is 10.2 Å². The zero-order chi connectivity index (χ0) is 16.3. The topological polar surface area (TPSA) is 115 Å². The number of hydrogen-bond acceptors (Lipinski definition) is 5. The number of nitrogens with two attached hydrogens (primary N) is 2. The molecule has 0 spiro atoms. The molecule has 0 bridgehead atoms. The number of fused-ring (bicyclic) bond motifs is 3. The van der Waals surface area contributed by atoms with Crippen molar-refractivity contribution in [3.05, 3.63) is 45.8 Å². The van der Waals surface area contributed by atoms with Crippen LogP contribution < -0.4 is 11.5 Å². The Balaban J connectivity index is 1.99. The fourth-order valence-electron chi connectivity index (χ4n) is 2.95. The Kier molecular flexibility index (Phi) is 2.70. The second-order valence-corrected chi connectivity index (χ2v) is 6.67. The molecule has 2 heterocycles. The highest BCUT2D eigenvalue weighted by Crippen LogP contribution is 2.43. The molecule has 0 saturated heterocycles. The van der Waals surface area contributed by atoms with E-state index in [9.17, 15) is 9.59 Å². The fraction of sp³-hybridized carbons (Fsp3) is 0.0625. The van der Waals surface area contributed by atoms with Crippen molar-refractivity contribution < 1.29 is 9.59 Å². The summed E-state index contributed by atoms with van der Waals surface area (Å²) in [4.78, 5) is 26.7. The number of amides is 1. The molecule has 5 N–H and O–H groups in total. The summed E-state index contributed by atoms with van der Waals surface area (Å²) in [6.07, 6.45) is 0. The van der Waals surface area contributed by atoms with Crippen molar-refractivity contribution in [1.82, 2.24) is 10.2 Å². The number of H-pyrrole nitrogens is 1. The van der Waals surface area contributed by atoms with Crippen LogP contribution in [0.1, 0.15) is 31.2 Å². The van der Waals surface area contributed by atoms with Gasteiger partial charge in [-0.3, -0.25) is 14.7 Å². The number of primary amides is 1. The van der Waals surface area contributed by atoms with Gasteiger partial charge in [-0.2, -0.15) is 5.10 Å². The summed E-state index contributed by atoms with van der Waals surface area (Å²) in [6, 6.07) is 7.19. The summed E-state index contributed by atoms with van der Waals surface area (Å²) in [6.45, 7) is 1.99. The number of anilines is 1. The molecule has 1 aromatic carbocycles. The van der Waals surface area contributed by atoms with Gasteiger partial charge in [0.15, 0.2) is 5.78 Å². The first kappa shape index (κ1) is 13.7. The second-order valence-electron chi connectivity index (χ2n) is 5.38. The lowest BCUT2D eigenvalue weighted by atomic mass is 9.99. The number of nitrogens with one attached hydrogen (secondary N) is 1. The maximum absolute atomic E-state index is 12.9. The first-order valence-corrected chi connectivity index (χ1v) is 7.73. The van der Waals surface area contributed by atoms with E-state index in [-0.39, 0.29) is 22.6 Å². The minimum atomic E-state index is -0.713. The number of thiophene rings is 1. The van der Waals surface area contributed by atoms with Gasteiger partial charge < -0.3 is 11.5 Å². The standard InChI is InChI=1S/C16H12N4O2S/c1-6-2-5-9(23-6)14-12-13(19-20-14)7-3-4-8(17)11(16(18)22)10(7)15(12)21/h2-5H,17H2,1H3,(H2,18,22)(H,19,20). The van der Waals surface area contributed by atoms with E-state index in [0.29, 0.717) is 22.5 Å². The maximum Gasteiger partial charge on any atom is 0.251 e. The van der Waals surface area contributed by atoms with Crippen molar-refractivity contribution in [1.29, 1.82) is 0 Å². The molecule has 1 amide bonds. The molecule has 4 rings (SSSR count). The van der Waals surface area contributed by atoms with E-state index in [0.717, 1.165) is 9.75 Å². The van der Waals surface area contributed by atoms with Crippen molar-refractivity contribution in [3.63, 3.8) is 0 Å². The monoisotopic (exact) mass is 324 g/mol. The van der Waals surface area contributed by atoms with Gasteiger partial charge in [-0.05, 0) is 31.2 Å². The van der Waals surface area contributed by atoms with Crippen molar-refractivity contribution >= 4 is 28.7 Å². The van der Waals surface area contributed by atoms with E-state index < -0.39 is 5.91 Å². The smallest absolute Gasteiger partial charge is 0.251 e. The first-order valence-electron chi connectivity index (χ1n) is 6.91. The number of aromatic amines is 1. The van der Waals surface area contributed by atoms with Crippen molar-refractivity contribution in [2.45, 2.75) is 6.92 Å². The number of carbonyl (C=O) groups excluding carboxylic acids is 2. The minimum Gasteiger partial charge on any atom is -0.398 e. The third-order valence-electron chi connectivity index (χ3n) is 3.95. The summed E-state index contributed by atoms with van der Waals surface area (Å²) in [5.41, 5.74) is 14.0. The van der Waals surface area contributed by atoms with Crippen LogP contribution in [0.2, 0.25) is 0 Å². The quantitative estimate of drug-likeness (QED) is 0.491. The van der Waals surface area contributed by atoms with Crippen molar-refractivity contribution in [3.8, 4) is 21.8 Å². The Morgan fingerprint density at radius 3 is 2.65 bits per heavy atom. The fourth-order valence-corrected chi connectivity index (χ4v) is 3.82. The number of hydrogen-bond donors (Lipinski definition) is 3. The molecule has 7 heteroatoms. The minimum absolute atomic E-state index is 0.0683. The molecule has 1 aliphatic carbocycles. The number of benzene rings is 1. The molecule has 1 aliphatic rings. The molecular formula is C16H12N4O2S. The van der Waals surface area contributed by atoms with Crippen LogP contribution in [-0.2, 0) is 0 Å². The van der Waals surface area contributed by atoms with Crippen LogP contribution in [0.15, 0.2) is 24.3 Å². The molecule has 6 nitrogen and oxygen atoms in total. The summed E-state index contributed by atoms with van der Waals surface area (Å²) in [5, 5.41) is 7.20. The number of nitrogens with zero attached hydrogens (tertiary/aromatic N) is 1. The van der Waals surface area contributed by atoms with Crippen LogP contribution in [0.25, 0.3) is 21.8 Å².